The highest BCUT2D eigenvalue weighted by molar-refractivity contribution is 6.10. The van der Waals surface area contributed by atoms with E-state index in [-0.39, 0.29) is 18.5 Å². The minimum Gasteiger partial charge on any atom is -0.356 e. The molecular formula is C32H37F3N6O2. The molecule has 4 rings (SSSR count). The van der Waals surface area contributed by atoms with Crippen molar-refractivity contribution in [3.05, 3.63) is 83.2 Å². The molecule has 1 aromatic carbocycles. The van der Waals surface area contributed by atoms with Crippen molar-refractivity contribution in [2.24, 2.45) is 9.98 Å². The van der Waals surface area contributed by atoms with Crippen LogP contribution in [-0.4, -0.2) is 70.6 Å². The molecule has 2 aromatic rings. The fourth-order valence-corrected chi connectivity index (χ4v) is 5.06. The van der Waals surface area contributed by atoms with Gasteiger partial charge in [-0.15, -0.1) is 0 Å². The van der Waals surface area contributed by atoms with Gasteiger partial charge in [-0.2, -0.15) is 13.2 Å². The third kappa shape index (κ3) is 8.62. The standard InChI is InChI=1S/C32H37F3N6O2/c1-5-27-19-28(38-25-8-6-24(7-9-25)31(43)37-20-26-18-21(2)11-15-36-26)39-30(40(27)4)22(3)23-12-16-41(17-13-23)29(42)10-14-32(33,34)35/h6-9,11-12,15,18,27H,3,5,10,13-14,16-17,19-20H2,1-2,4H3,(H,37,43). The molecule has 11 heteroatoms. The van der Waals surface area contributed by atoms with Gasteiger partial charge in [0.05, 0.1) is 24.3 Å². The maximum atomic E-state index is 12.6. The average molecular weight is 595 g/mol. The minimum absolute atomic E-state index is 0.146. The molecule has 1 unspecified atom stereocenters. The minimum atomic E-state index is -4.35. The number of nitrogens with one attached hydrogen (secondary N) is 1. The fraction of sp³-hybridized carbons (Fsp3) is 0.406. The third-order valence-corrected chi connectivity index (χ3v) is 7.64. The van der Waals surface area contributed by atoms with E-state index in [2.05, 4.69) is 28.7 Å². The molecule has 0 aliphatic carbocycles. The van der Waals surface area contributed by atoms with Gasteiger partial charge in [0.25, 0.3) is 5.91 Å². The summed E-state index contributed by atoms with van der Waals surface area (Å²) in [5.41, 5.74) is 4.68. The Morgan fingerprint density at radius 1 is 1.19 bits per heavy atom. The zero-order valence-corrected chi connectivity index (χ0v) is 24.7. The monoisotopic (exact) mass is 594 g/mol. The van der Waals surface area contributed by atoms with Crippen molar-refractivity contribution in [3.8, 4) is 0 Å². The van der Waals surface area contributed by atoms with Crippen molar-refractivity contribution in [1.29, 1.82) is 0 Å². The van der Waals surface area contributed by atoms with Gasteiger partial charge in [-0.05, 0) is 67.3 Å². The van der Waals surface area contributed by atoms with Gasteiger partial charge in [0.1, 0.15) is 11.7 Å². The first-order valence-corrected chi connectivity index (χ1v) is 14.4. The van der Waals surface area contributed by atoms with E-state index in [0.29, 0.717) is 54.4 Å². The predicted molar refractivity (Wildman–Crippen MR) is 161 cm³/mol. The van der Waals surface area contributed by atoms with Crippen molar-refractivity contribution >= 4 is 29.2 Å². The molecule has 43 heavy (non-hydrogen) atoms. The van der Waals surface area contributed by atoms with Crippen LogP contribution in [0.5, 0.6) is 0 Å². The van der Waals surface area contributed by atoms with Crippen LogP contribution >= 0.6 is 0 Å². The quantitative estimate of drug-likeness (QED) is 0.390. The number of aromatic nitrogens is 1. The Morgan fingerprint density at radius 2 is 1.93 bits per heavy atom. The van der Waals surface area contributed by atoms with E-state index in [0.717, 1.165) is 23.3 Å². The number of halogens is 3. The Bertz CT molecular complexity index is 1450. The predicted octanol–water partition coefficient (Wildman–Crippen LogP) is 5.92. The van der Waals surface area contributed by atoms with E-state index < -0.39 is 24.9 Å². The van der Waals surface area contributed by atoms with Crippen LogP contribution in [-0.2, 0) is 11.3 Å². The summed E-state index contributed by atoms with van der Waals surface area (Å²) >= 11 is 0. The Balaban J connectivity index is 1.43. The highest BCUT2D eigenvalue weighted by Crippen LogP contribution is 2.28. The van der Waals surface area contributed by atoms with E-state index in [1.165, 1.54) is 4.90 Å². The molecule has 0 radical (unpaired) electrons. The van der Waals surface area contributed by atoms with E-state index in [1.807, 2.05) is 32.2 Å². The van der Waals surface area contributed by atoms with E-state index in [9.17, 15) is 22.8 Å². The molecule has 3 heterocycles. The zero-order chi connectivity index (χ0) is 31.1. The Hall–Kier alpha value is -4.28. The lowest BCUT2D eigenvalue weighted by Crippen LogP contribution is -2.43. The smallest absolute Gasteiger partial charge is 0.356 e. The summed E-state index contributed by atoms with van der Waals surface area (Å²) in [5.74, 6) is 0.619. The highest BCUT2D eigenvalue weighted by atomic mass is 19.4. The number of likely N-dealkylation sites (N-methyl/N-ethyl adjacent to an activating group) is 1. The molecule has 228 valence electrons. The number of aliphatic imine (C=N–C) groups is 2. The third-order valence-electron chi connectivity index (χ3n) is 7.64. The summed E-state index contributed by atoms with van der Waals surface area (Å²) in [5, 5.41) is 2.89. The van der Waals surface area contributed by atoms with Crippen LogP contribution in [0.3, 0.4) is 0 Å². The molecule has 0 spiro atoms. The number of amidine groups is 2. The number of hydrogen-bond donors (Lipinski definition) is 1. The van der Waals surface area contributed by atoms with Gasteiger partial charge in [0.2, 0.25) is 5.91 Å². The molecular weight excluding hydrogens is 557 g/mol. The van der Waals surface area contributed by atoms with Gasteiger partial charge >= 0.3 is 6.18 Å². The van der Waals surface area contributed by atoms with Crippen molar-refractivity contribution < 1.29 is 22.8 Å². The number of amides is 2. The summed E-state index contributed by atoms with van der Waals surface area (Å²) < 4.78 is 37.6. The molecule has 1 N–H and O–H groups in total. The summed E-state index contributed by atoms with van der Waals surface area (Å²) in [6.07, 6.45) is -0.473. The fourth-order valence-electron chi connectivity index (χ4n) is 5.06. The molecule has 0 bridgehead atoms. The van der Waals surface area contributed by atoms with E-state index in [1.54, 1.807) is 30.5 Å². The first-order chi connectivity index (χ1) is 20.4. The second-order valence-corrected chi connectivity index (χ2v) is 10.8. The van der Waals surface area contributed by atoms with Crippen molar-refractivity contribution in [1.82, 2.24) is 20.1 Å². The van der Waals surface area contributed by atoms with Crippen LogP contribution in [0.4, 0.5) is 18.9 Å². The van der Waals surface area contributed by atoms with Gasteiger partial charge in [0.15, 0.2) is 0 Å². The molecule has 8 nitrogen and oxygen atoms in total. The number of hydrogen-bond acceptors (Lipinski definition) is 5. The van der Waals surface area contributed by atoms with E-state index >= 15 is 0 Å². The lowest BCUT2D eigenvalue weighted by Gasteiger charge is -2.36. The molecule has 0 saturated carbocycles. The Kier molecular flexibility index (Phi) is 10.2. The summed E-state index contributed by atoms with van der Waals surface area (Å²) in [4.78, 5) is 42.3. The average Bonchev–Trinajstić information content (AvgIpc) is 2.99. The topological polar surface area (TPSA) is 90.3 Å². The van der Waals surface area contributed by atoms with E-state index in [4.69, 9.17) is 9.98 Å². The second kappa shape index (κ2) is 13.8. The molecule has 2 aliphatic rings. The molecule has 0 fully saturated rings. The normalized spacial score (nSPS) is 18.3. The number of pyridine rings is 1. The van der Waals surface area contributed by atoms with Crippen LogP contribution in [0.2, 0.25) is 0 Å². The largest absolute Gasteiger partial charge is 0.389 e. The first kappa shape index (κ1) is 31.7. The van der Waals surface area contributed by atoms with Crippen LogP contribution in [0.1, 0.15) is 60.6 Å². The molecule has 1 atom stereocenters. The number of carbonyl (C=O) groups excluding carboxylic acids is 2. The summed E-state index contributed by atoms with van der Waals surface area (Å²) in [7, 11) is 1.96. The Labute approximate surface area is 250 Å². The second-order valence-electron chi connectivity index (χ2n) is 10.8. The number of benzene rings is 1. The van der Waals surface area contributed by atoms with Gasteiger partial charge < -0.3 is 15.1 Å². The summed E-state index contributed by atoms with van der Waals surface area (Å²) in [6, 6.07) is 11.0. The zero-order valence-electron chi connectivity index (χ0n) is 24.7. The molecule has 1 aromatic heterocycles. The molecule has 0 saturated heterocycles. The lowest BCUT2D eigenvalue weighted by molar-refractivity contribution is -0.148. The SMILES string of the molecule is C=C(C1=CCN(C(=O)CCC(F)(F)F)CC1)C1=NC(=Nc2ccc(C(=O)NCc3cc(C)ccn3)cc2)CC(CC)N1C. The van der Waals surface area contributed by atoms with Crippen LogP contribution < -0.4 is 5.32 Å². The van der Waals surface area contributed by atoms with Gasteiger partial charge in [-0.25, -0.2) is 9.98 Å². The van der Waals surface area contributed by atoms with Crippen molar-refractivity contribution in [2.45, 2.75) is 64.7 Å². The lowest BCUT2D eigenvalue weighted by atomic mass is 9.96. The van der Waals surface area contributed by atoms with Gasteiger partial charge in [-0.3, -0.25) is 14.6 Å². The van der Waals surface area contributed by atoms with Crippen LogP contribution in [0.25, 0.3) is 0 Å². The maximum Gasteiger partial charge on any atom is 0.389 e. The highest BCUT2D eigenvalue weighted by Gasteiger charge is 2.31. The number of nitrogens with zero attached hydrogens (tertiary/aromatic N) is 5. The summed E-state index contributed by atoms with van der Waals surface area (Å²) in [6.45, 7) is 9.25. The number of carbonyl (C=O) groups is 2. The van der Waals surface area contributed by atoms with Crippen LogP contribution in [0, 0.1) is 6.92 Å². The van der Waals surface area contributed by atoms with Gasteiger partial charge in [0, 0.05) is 56.4 Å². The van der Waals surface area contributed by atoms with Crippen LogP contribution in [0.15, 0.2) is 76.4 Å². The maximum absolute atomic E-state index is 12.6. The van der Waals surface area contributed by atoms with Gasteiger partial charge in [-0.1, -0.05) is 19.6 Å². The first-order valence-electron chi connectivity index (χ1n) is 14.4. The number of aryl methyl sites for hydroxylation is 1. The molecule has 2 amide bonds. The Morgan fingerprint density at radius 3 is 2.56 bits per heavy atom. The van der Waals surface area contributed by atoms with Crippen molar-refractivity contribution in [3.63, 3.8) is 0 Å². The number of alkyl halides is 3. The molecule has 2 aliphatic heterocycles. The van der Waals surface area contributed by atoms with Crippen molar-refractivity contribution in [2.75, 3.05) is 20.1 Å². The number of rotatable bonds is 9.